The minimum atomic E-state index is -0.104. The van der Waals surface area contributed by atoms with Gasteiger partial charge < -0.3 is 4.74 Å². The minimum Gasteiger partial charge on any atom is -0.431 e. The molecule has 0 amide bonds. The summed E-state index contributed by atoms with van der Waals surface area (Å²) >= 11 is 0. The zero-order valence-corrected chi connectivity index (χ0v) is 17.4. The van der Waals surface area contributed by atoms with Crippen LogP contribution >= 0.6 is 0 Å². The van der Waals surface area contributed by atoms with Crippen LogP contribution in [0.25, 0.3) is 0 Å². The molecule has 0 fully saturated rings. The molecule has 0 unspecified atom stereocenters. The number of ether oxygens (including phenoxy) is 1. The lowest BCUT2D eigenvalue weighted by Gasteiger charge is -2.06. The number of esters is 1. The van der Waals surface area contributed by atoms with Crippen LogP contribution in [0.15, 0.2) is 36.6 Å². The summed E-state index contributed by atoms with van der Waals surface area (Å²) in [4.78, 5) is 11.8. The largest absolute Gasteiger partial charge is 0.431 e. The van der Waals surface area contributed by atoms with E-state index in [0.29, 0.717) is 6.42 Å². The van der Waals surface area contributed by atoms with Crippen molar-refractivity contribution in [1.29, 1.82) is 0 Å². The van der Waals surface area contributed by atoms with Gasteiger partial charge >= 0.3 is 5.97 Å². The van der Waals surface area contributed by atoms with Crippen LogP contribution in [-0.2, 0) is 9.53 Å². The Morgan fingerprint density at radius 3 is 1.73 bits per heavy atom. The van der Waals surface area contributed by atoms with Gasteiger partial charge in [-0.05, 0) is 12.5 Å². The molecule has 0 saturated carbocycles. The van der Waals surface area contributed by atoms with Crippen LogP contribution in [-0.4, -0.2) is 5.97 Å². The molecule has 0 aromatic heterocycles. The molecule has 0 rings (SSSR count). The van der Waals surface area contributed by atoms with Gasteiger partial charge in [-0.15, -0.1) is 0 Å². The molecule has 2 heteroatoms. The highest BCUT2D eigenvalue weighted by Crippen LogP contribution is 2.13. The summed E-state index contributed by atoms with van der Waals surface area (Å²) in [6, 6.07) is 0. The van der Waals surface area contributed by atoms with Crippen molar-refractivity contribution >= 4 is 5.97 Å². The summed E-state index contributed by atoms with van der Waals surface area (Å²) < 4.78 is 5.39. The van der Waals surface area contributed by atoms with Crippen molar-refractivity contribution in [1.82, 2.24) is 0 Å². The predicted octanol–water partition coefficient (Wildman–Crippen LogP) is 8.05. The second-order valence-corrected chi connectivity index (χ2v) is 7.07. The van der Waals surface area contributed by atoms with Gasteiger partial charge in [0.15, 0.2) is 0 Å². The Balaban J connectivity index is 3.46. The zero-order chi connectivity index (χ0) is 19.3. The second-order valence-electron chi connectivity index (χ2n) is 7.07. The molecule has 0 heterocycles. The molecule has 150 valence electrons. The van der Waals surface area contributed by atoms with Gasteiger partial charge in [0.25, 0.3) is 0 Å². The maximum Gasteiger partial charge on any atom is 0.310 e. The number of hydrogen-bond donors (Lipinski definition) is 0. The summed E-state index contributed by atoms with van der Waals surface area (Å²) in [5, 5.41) is 0. The summed E-state index contributed by atoms with van der Waals surface area (Å²) in [6.45, 7) is 7.88. The van der Waals surface area contributed by atoms with Crippen molar-refractivity contribution in [2.45, 2.75) is 110 Å². The van der Waals surface area contributed by atoms with Crippen molar-refractivity contribution in [3.05, 3.63) is 36.6 Å². The van der Waals surface area contributed by atoms with Gasteiger partial charge in [0, 0.05) is 12.8 Å². The monoisotopic (exact) mass is 362 g/mol. The Bertz CT molecular complexity index is 393. The molecule has 0 radical (unpaired) electrons. The fourth-order valence-corrected chi connectivity index (χ4v) is 2.95. The van der Waals surface area contributed by atoms with Crippen LogP contribution in [0.2, 0.25) is 0 Å². The molecule has 0 aliphatic heterocycles. The Hall–Kier alpha value is -1.31. The third-order valence-corrected chi connectivity index (χ3v) is 4.61. The molecular formula is C24H42O2. The highest BCUT2D eigenvalue weighted by Gasteiger charge is 2.05. The molecule has 26 heavy (non-hydrogen) atoms. The van der Waals surface area contributed by atoms with Gasteiger partial charge in [-0.25, -0.2) is 0 Å². The van der Waals surface area contributed by atoms with Crippen LogP contribution in [0.1, 0.15) is 110 Å². The summed E-state index contributed by atoms with van der Waals surface area (Å²) in [6.07, 6.45) is 25.6. The van der Waals surface area contributed by atoms with Gasteiger partial charge in [0.2, 0.25) is 0 Å². The molecule has 0 aromatic carbocycles. The van der Waals surface area contributed by atoms with E-state index in [4.69, 9.17) is 4.74 Å². The molecule has 0 aliphatic carbocycles. The van der Waals surface area contributed by atoms with E-state index in [1.807, 2.05) is 25.2 Å². The van der Waals surface area contributed by atoms with Crippen LogP contribution < -0.4 is 0 Å². The fraction of sp³-hybridized carbons (Fsp3) is 0.708. The van der Waals surface area contributed by atoms with Crippen LogP contribution in [0.3, 0.4) is 0 Å². The van der Waals surface area contributed by atoms with Crippen LogP contribution in [0.5, 0.6) is 0 Å². The van der Waals surface area contributed by atoms with Crippen LogP contribution in [0, 0.1) is 0 Å². The van der Waals surface area contributed by atoms with Crippen molar-refractivity contribution in [3.63, 3.8) is 0 Å². The number of hydrogen-bond acceptors (Lipinski definition) is 2. The van der Waals surface area contributed by atoms with E-state index in [2.05, 4.69) is 13.5 Å². The van der Waals surface area contributed by atoms with E-state index in [9.17, 15) is 4.79 Å². The SMILES string of the molecule is C=CC=CC=C(CC)OC(=O)CCCCCCCCCCCCCCC. The summed E-state index contributed by atoms with van der Waals surface area (Å²) in [5.74, 6) is 0.621. The molecule has 0 aromatic rings. The van der Waals surface area contributed by atoms with Gasteiger partial charge in [0.05, 0.1) is 0 Å². The Morgan fingerprint density at radius 2 is 1.27 bits per heavy atom. The number of allylic oxidation sites excluding steroid dienone is 5. The molecule has 0 spiro atoms. The Labute approximate surface area is 162 Å². The molecular weight excluding hydrogens is 320 g/mol. The number of carbonyl (C=O) groups excluding carboxylic acids is 1. The third-order valence-electron chi connectivity index (χ3n) is 4.61. The van der Waals surface area contributed by atoms with Crippen molar-refractivity contribution in [3.8, 4) is 0 Å². The summed E-state index contributed by atoms with van der Waals surface area (Å²) in [7, 11) is 0. The van der Waals surface area contributed by atoms with Gasteiger partial charge in [-0.3, -0.25) is 4.79 Å². The molecule has 2 nitrogen and oxygen atoms in total. The standard InChI is InChI=1S/C24H42O2/c1-4-7-9-10-11-12-13-14-15-16-17-18-20-22-24(25)26-23(6-3)21-19-8-5-2/h5,8,19,21H,2,4,6-7,9-18,20,22H2,1,3H3. The van der Waals surface area contributed by atoms with Crippen molar-refractivity contribution < 1.29 is 9.53 Å². The third kappa shape index (κ3) is 17.5. The first-order valence-electron chi connectivity index (χ1n) is 10.9. The predicted molar refractivity (Wildman–Crippen MR) is 114 cm³/mol. The van der Waals surface area contributed by atoms with E-state index in [1.54, 1.807) is 6.08 Å². The lowest BCUT2D eigenvalue weighted by atomic mass is 10.0. The Morgan fingerprint density at radius 1 is 0.769 bits per heavy atom. The number of carbonyl (C=O) groups is 1. The maximum atomic E-state index is 11.8. The first-order valence-corrected chi connectivity index (χ1v) is 10.9. The Kier molecular flexibility index (Phi) is 19.0. The van der Waals surface area contributed by atoms with E-state index in [-0.39, 0.29) is 5.97 Å². The van der Waals surface area contributed by atoms with Crippen molar-refractivity contribution in [2.75, 3.05) is 0 Å². The van der Waals surface area contributed by atoms with Gasteiger partial charge in [-0.1, -0.05) is 116 Å². The topological polar surface area (TPSA) is 26.3 Å². The van der Waals surface area contributed by atoms with Gasteiger partial charge in [-0.2, -0.15) is 0 Å². The van der Waals surface area contributed by atoms with E-state index in [1.165, 1.54) is 70.6 Å². The zero-order valence-electron chi connectivity index (χ0n) is 17.4. The summed E-state index contributed by atoms with van der Waals surface area (Å²) in [5.41, 5.74) is 0. The molecule has 0 saturated heterocycles. The van der Waals surface area contributed by atoms with Crippen LogP contribution in [0.4, 0.5) is 0 Å². The highest BCUT2D eigenvalue weighted by atomic mass is 16.5. The number of rotatable bonds is 18. The van der Waals surface area contributed by atoms with E-state index >= 15 is 0 Å². The van der Waals surface area contributed by atoms with Gasteiger partial charge in [0.1, 0.15) is 5.76 Å². The smallest absolute Gasteiger partial charge is 0.310 e. The fourth-order valence-electron chi connectivity index (χ4n) is 2.95. The molecule has 0 bridgehead atoms. The minimum absolute atomic E-state index is 0.104. The molecule has 0 N–H and O–H groups in total. The first kappa shape index (κ1) is 24.7. The lowest BCUT2D eigenvalue weighted by molar-refractivity contribution is -0.139. The average molecular weight is 363 g/mol. The average Bonchev–Trinajstić information content (AvgIpc) is 2.64. The second kappa shape index (κ2) is 20.0. The highest BCUT2D eigenvalue weighted by molar-refractivity contribution is 5.70. The molecule has 0 atom stereocenters. The van der Waals surface area contributed by atoms with E-state index in [0.717, 1.165) is 25.0 Å². The quantitative estimate of drug-likeness (QED) is 0.107. The first-order chi connectivity index (χ1) is 12.7. The van der Waals surface area contributed by atoms with E-state index < -0.39 is 0 Å². The maximum absolute atomic E-state index is 11.8. The number of unbranched alkanes of at least 4 members (excludes halogenated alkanes) is 12. The van der Waals surface area contributed by atoms with Crippen molar-refractivity contribution in [2.24, 2.45) is 0 Å². The molecule has 0 aliphatic rings. The normalized spacial score (nSPS) is 11.8. The lowest BCUT2D eigenvalue weighted by Crippen LogP contribution is -2.03.